The van der Waals surface area contributed by atoms with Crippen molar-refractivity contribution in [3.63, 3.8) is 0 Å². The molecule has 0 aliphatic heterocycles. The van der Waals surface area contributed by atoms with Crippen LogP contribution in [0.25, 0.3) is 16.4 Å². The number of thiophene rings is 1. The number of esters is 1. The van der Waals surface area contributed by atoms with Gasteiger partial charge in [0.1, 0.15) is 5.82 Å². The second-order valence-corrected chi connectivity index (χ2v) is 6.71. The van der Waals surface area contributed by atoms with Gasteiger partial charge >= 0.3 is 5.97 Å². The summed E-state index contributed by atoms with van der Waals surface area (Å²) < 4.78 is 19.8. The number of hydrogen-bond donors (Lipinski definition) is 0. The minimum Gasteiger partial charge on any atom is -0.450 e. The second-order valence-electron chi connectivity index (χ2n) is 5.77. The molecule has 0 saturated heterocycles. The predicted octanol–water partition coefficient (Wildman–Crippen LogP) is 3.16. The van der Waals surface area contributed by atoms with Crippen LogP contribution in [-0.4, -0.2) is 51.2 Å². The first-order chi connectivity index (χ1) is 13.5. The van der Waals surface area contributed by atoms with Crippen LogP contribution in [0.5, 0.6) is 0 Å². The maximum atomic E-state index is 13.3. The summed E-state index contributed by atoms with van der Waals surface area (Å²) in [6.45, 7) is 4.39. The molecule has 0 fully saturated rings. The maximum absolute atomic E-state index is 13.3. The summed E-state index contributed by atoms with van der Waals surface area (Å²) in [4.78, 5) is 31.0. The number of ether oxygens (including phenoxy) is 1. The molecule has 2 aromatic heterocycles. The third-order valence-corrected chi connectivity index (χ3v) is 4.91. The van der Waals surface area contributed by atoms with Crippen molar-refractivity contribution in [3.05, 3.63) is 53.4 Å². The standard InChI is InChI=1S/C19H19FN4O3S/c1-3-23(4-2)16(25)12-27-19(26)17-21-18(15-6-5-11-28-15)24(22-17)14-9-7-13(20)8-10-14/h5-11H,3-4,12H2,1-2H3. The normalized spacial score (nSPS) is 10.7. The number of hydrogen-bond acceptors (Lipinski definition) is 6. The van der Waals surface area contributed by atoms with Gasteiger partial charge in [0.2, 0.25) is 0 Å². The van der Waals surface area contributed by atoms with Gasteiger partial charge < -0.3 is 9.64 Å². The third kappa shape index (κ3) is 4.25. The Bertz CT molecular complexity index is 950. The van der Waals surface area contributed by atoms with Crippen molar-refractivity contribution in [2.45, 2.75) is 13.8 Å². The minimum absolute atomic E-state index is 0.167. The van der Waals surface area contributed by atoms with Crippen molar-refractivity contribution in [1.29, 1.82) is 0 Å². The molecule has 0 N–H and O–H groups in total. The molecule has 1 amide bonds. The van der Waals surface area contributed by atoms with E-state index in [0.29, 0.717) is 24.6 Å². The molecule has 7 nitrogen and oxygen atoms in total. The van der Waals surface area contributed by atoms with Crippen molar-refractivity contribution in [2.24, 2.45) is 0 Å². The lowest BCUT2D eigenvalue weighted by Crippen LogP contribution is -2.34. The fourth-order valence-corrected chi connectivity index (χ4v) is 3.28. The van der Waals surface area contributed by atoms with Crippen molar-refractivity contribution in [2.75, 3.05) is 19.7 Å². The SMILES string of the molecule is CCN(CC)C(=O)COC(=O)c1nc(-c2cccs2)n(-c2ccc(F)cc2)n1. The van der Waals surface area contributed by atoms with Crippen molar-refractivity contribution < 1.29 is 18.7 Å². The number of likely N-dealkylation sites (N-methyl/N-ethyl adjacent to an activating group) is 1. The summed E-state index contributed by atoms with van der Waals surface area (Å²) >= 11 is 1.43. The number of carbonyl (C=O) groups excluding carboxylic acids is 2. The Morgan fingerprint density at radius 3 is 2.50 bits per heavy atom. The zero-order valence-electron chi connectivity index (χ0n) is 15.5. The zero-order valence-corrected chi connectivity index (χ0v) is 16.3. The summed E-state index contributed by atoms with van der Waals surface area (Å²) in [5.74, 6) is -1.19. The molecule has 0 aliphatic carbocycles. The highest BCUT2D eigenvalue weighted by Crippen LogP contribution is 2.25. The van der Waals surface area contributed by atoms with E-state index in [1.807, 2.05) is 31.4 Å². The lowest BCUT2D eigenvalue weighted by molar-refractivity contribution is -0.134. The first kappa shape index (κ1) is 19.7. The Kier molecular flexibility index (Phi) is 6.15. The molecule has 3 aromatic rings. The Labute approximate surface area is 165 Å². The van der Waals surface area contributed by atoms with Gasteiger partial charge in [-0.3, -0.25) is 4.79 Å². The van der Waals surface area contributed by atoms with Crippen molar-refractivity contribution in [3.8, 4) is 16.4 Å². The van der Waals surface area contributed by atoms with Gasteiger partial charge in [-0.1, -0.05) is 6.07 Å². The Balaban J connectivity index is 1.86. The van der Waals surface area contributed by atoms with Crippen LogP contribution in [0.15, 0.2) is 41.8 Å². The molecule has 3 rings (SSSR count). The van der Waals surface area contributed by atoms with E-state index in [9.17, 15) is 14.0 Å². The monoisotopic (exact) mass is 402 g/mol. The number of halogens is 1. The molecule has 0 saturated carbocycles. The van der Waals surface area contributed by atoms with Crippen LogP contribution < -0.4 is 0 Å². The molecular weight excluding hydrogens is 383 g/mol. The van der Waals surface area contributed by atoms with Gasteiger partial charge in [0.05, 0.1) is 10.6 Å². The third-order valence-electron chi connectivity index (χ3n) is 4.05. The predicted molar refractivity (Wildman–Crippen MR) is 103 cm³/mol. The fraction of sp³-hybridized carbons (Fsp3) is 0.263. The van der Waals surface area contributed by atoms with Crippen LogP contribution in [0.4, 0.5) is 4.39 Å². The average molecular weight is 402 g/mol. The van der Waals surface area contributed by atoms with E-state index in [2.05, 4.69) is 10.1 Å². The van der Waals surface area contributed by atoms with Crippen LogP contribution in [0, 0.1) is 5.82 Å². The molecule has 0 bridgehead atoms. The van der Waals surface area contributed by atoms with Gasteiger partial charge in [-0.15, -0.1) is 16.4 Å². The lowest BCUT2D eigenvalue weighted by Gasteiger charge is -2.17. The Morgan fingerprint density at radius 1 is 1.18 bits per heavy atom. The van der Waals surface area contributed by atoms with Crippen LogP contribution in [0.3, 0.4) is 0 Å². The number of rotatable bonds is 7. The molecular formula is C19H19FN4O3S. The lowest BCUT2D eigenvalue weighted by atomic mass is 10.3. The zero-order chi connectivity index (χ0) is 20.1. The minimum atomic E-state index is -0.792. The molecule has 0 radical (unpaired) electrons. The van der Waals surface area contributed by atoms with Crippen LogP contribution >= 0.6 is 11.3 Å². The molecule has 0 aliphatic rings. The Hall–Kier alpha value is -3.07. The maximum Gasteiger partial charge on any atom is 0.378 e. The average Bonchev–Trinajstić information content (AvgIpc) is 3.37. The smallest absolute Gasteiger partial charge is 0.378 e. The van der Waals surface area contributed by atoms with Crippen molar-refractivity contribution in [1.82, 2.24) is 19.7 Å². The first-order valence-corrected chi connectivity index (χ1v) is 9.63. The van der Waals surface area contributed by atoms with E-state index >= 15 is 0 Å². The molecule has 2 heterocycles. The first-order valence-electron chi connectivity index (χ1n) is 8.75. The van der Waals surface area contributed by atoms with E-state index in [4.69, 9.17) is 4.74 Å². The second kappa shape index (κ2) is 8.75. The molecule has 9 heteroatoms. The molecule has 0 atom stereocenters. The highest BCUT2D eigenvalue weighted by molar-refractivity contribution is 7.13. The molecule has 28 heavy (non-hydrogen) atoms. The van der Waals surface area contributed by atoms with E-state index in [1.165, 1.54) is 28.2 Å². The quantitative estimate of drug-likeness (QED) is 0.568. The summed E-state index contributed by atoms with van der Waals surface area (Å²) in [5.41, 5.74) is 0.551. The molecule has 1 aromatic carbocycles. The summed E-state index contributed by atoms with van der Waals surface area (Å²) in [5, 5.41) is 6.09. The Morgan fingerprint density at radius 2 is 1.89 bits per heavy atom. The van der Waals surface area contributed by atoms with E-state index < -0.39 is 5.97 Å². The topological polar surface area (TPSA) is 77.3 Å². The van der Waals surface area contributed by atoms with Crippen LogP contribution in [0.1, 0.15) is 24.5 Å². The summed E-state index contributed by atoms with van der Waals surface area (Å²) in [7, 11) is 0. The van der Waals surface area contributed by atoms with Crippen molar-refractivity contribution >= 4 is 23.2 Å². The number of amides is 1. The van der Waals surface area contributed by atoms with Crippen LogP contribution in [-0.2, 0) is 9.53 Å². The fourth-order valence-electron chi connectivity index (χ4n) is 2.59. The van der Waals surface area contributed by atoms with Gasteiger partial charge in [-0.2, -0.15) is 4.98 Å². The molecule has 0 unspecified atom stereocenters. The van der Waals surface area contributed by atoms with Gasteiger partial charge in [0, 0.05) is 13.1 Å². The largest absolute Gasteiger partial charge is 0.450 e. The number of carbonyl (C=O) groups is 2. The number of aromatic nitrogens is 3. The van der Waals surface area contributed by atoms with E-state index in [1.54, 1.807) is 17.0 Å². The van der Waals surface area contributed by atoms with Gasteiger partial charge in [0.25, 0.3) is 11.7 Å². The van der Waals surface area contributed by atoms with Crippen LogP contribution in [0.2, 0.25) is 0 Å². The molecule has 0 spiro atoms. The van der Waals surface area contributed by atoms with Gasteiger partial charge in [0.15, 0.2) is 12.4 Å². The van der Waals surface area contributed by atoms with E-state index in [0.717, 1.165) is 4.88 Å². The molecule has 146 valence electrons. The summed E-state index contributed by atoms with van der Waals surface area (Å²) in [6, 6.07) is 9.38. The highest BCUT2D eigenvalue weighted by atomic mass is 32.1. The number of nitrogens with zero attached hydrogens (tertiary/aromatic N) is 4. The highest BCUT2D eigenvalue weighted by Gasteiger charge is 2.22. The van der Waals surface area contributed by atoms with Gasteiger partial charge in [-0.25, -0.2) is 13.9 Å². The summed E-state index contributed by atoms with van der Waals surface area (Å²) in [6.07, 6.45) is 0. The number of benzene rings is 1. The van der Waals surface area contributed by atoms with E-state index in [-0.39, 0.29) is 24.2 Å². The van der Waals surface area contributed by atoms with Gasteiger partial charge in [-0.05, 0) is 49.6 Å².